The van der Waals surface area contributed by atoms with Crippen molar-refractivity contribution in [1.82, 2.24) is 10.6 Å². The fraction of sp³-hybridized carbons (Fsp3) is 0.467. The molecule has 3 fully saturated rings. The van der Waals surface area contributed by atoms with Crippen LogP contribution in [0, 0.1) is 5.92 Å². The van der Waals surface area contributed by atoms with Crippen molar-refractivity contribution < 1.29 is 19.1 Å². The normalized spacial score (nSPS) is 30.6. The molecule has 0 aromatic heterocycles. The van der Waals surface area contributed by atoms with Crippen molar-refractivity contribution in [2.45, 2.75) is 24.9 Å². The van der Waals surface area contributed by atoms with Crippen LogP contribution < -0.4 is 20.1 Å². The van der Waals surface area contributed by atoms with E-state index in [0.717, 1.165) is 5.56 Å². The second-order valence-corrected chi connectivity index (χ2v) is 5.71. The minimum Gasteiger partial charge on any atom is -0.493 e. The molecular weight excluding hydrogens is 272 g/mol. The molecule has 0 saturated carbocycles. The number of amides is 2. The van der Waals surface area contributed by atoms with Crippen LogP contribution in [0.5, 0.6) is 11.5 Å². The highest BCUT2D eigenvalue weighted by Crippen LogP contribution is 2.42. The predicted octanol–water partition coefficient (Wildman–Crippen LogP) is 0.769. The van der Waals surface area contributed by atoms with Crippen LogP contribution in [-0.4, -0.2) is 31.7 Å². The van der Waals surface area contributed by atoms with Gasteiger partial charge in [-0.1, -0.05) is 6.07 Å². The number of benzene rings is 1. The van der Waals surface area contributed by atoms with E-state index < -0.39 is 11.6 Å². The molecule has 0 radical (unpaired) electrons. The van der Waals surface area contributed by atoms with Gasteiger partial charge in [-0.25, -0.2) is 0 Å². The molecule has 4 rings (SSSR count). The summed E-state index contributed by atoms with van der Waals surface area (Å²) in [6, 6.07) is 5.53. The van der Waals surface area contributed by atoms with Crippen LogP contribution in [0.3, 0.4) is 0 Å². The molecule has 2 amide bonds. The lowest BCUT2D eigenvalue weighted by Crippen LogP contribution is -2.72. The number of methoxy groups -OCH3 is 2. The second kappa shape index (κ2) is 4.65. The zero-order valence-corrected chi connectivity index (χ0v) is 12.2. The maximum atomic E-state index is 12.1. The minimum absolute atomic E-state index is 0.155. The maximum absolute atomic E-state index is 12.1. The molecule has 0 aliphatic carbocycles. The van der Waals surface area contributed by atoms with Gasteiger partial charge in [-0.2, -0.15) is 0 Å². The van der Waals surface area contributed by atoms with Crippen LogP contribution in [0.15, 0.2) is 18.2 Å². The highest BCUT2D eigenvalue weighted by atomic mass is 16.5. The lowest BCUT2D eigenvalue weighted by atomic mass is 9.72. The Hall–Kier alpha value is -2.24. The summed E-state index contributed by atoms with van der Waals surface area (Å²) in [6.07, 6.45) is 0.657. The predicted molar refractivity (Wildman–Crippen MR) is 75.1 cm³/mol. The molecule has 2 bridgehead atoms. The van der Waals surface area contributed by atoms with E-state index in [9.17, 15) is 9.59 Å². The van der Waals surface area contributed by atoms with Crippen LogP contribution in [0.4, 0.5) is 0 Å². The zero-order chi connectivity index (χ0) is 15.2. The first-order valence-corrected chi connectivity index (χ1v) is 6.83. The quantitative estimate of drug-likeness (QED) is 0.806. The third-order valence-corrected chi connectivity index (χ3v) is 4.23. The van der Waals surface area contributed by atoms with Crippen molar-refractivity contribution in [3.63, 3.8) is 0 Å². The second-order valence-electron chi connectivity index (χ2n) is 5.71. The molecule has 3 saturated heterocycles. The van der Waals surface area contributed by atoms with E-state index in [0.29, 0.717) is 17.9 Å². The van der Waals surface area contributed by atoms with Gasteiger partial charge in [0.1, 0.15) is 11.6 Å². The lowest BCUT2D eigenvalue weighted by Gasteiger charge is -2.48. The summed E-state index contributed by atoms with van der Waals surface area (Å²) in [5.74, 6) is -0.0495. The van der Waals surface area contributed by atoms with Crippen molar-refractivity contribution in [2.24, 2.45) is 5.92 Å². The minimum atomic E-state index is -0.690. The van der Waals surface area contributed by atoms with Crippen LogP contribution in [0.25, 0.3) is 0 Å². The van der Waals surface area contributed by atoms with Crippen molar-refractivity contribution in [3.05, 3.63) is 23.8 Å². The Morgan fingerprint density at radius 1 is 1.10 bits per heavy atom. The molecule has 6 heteroatoms. The molecule has 6 nitrogen and oxygen atoms in total. The summed E-state index contributed by atoms with van der Waals surface area (Å²) in [4.78, 5) is 24.2. The van der Waals surface area contributed by atoms with Gasteiger partial charge in [0.2, 0.25) is 11.8 Å². The number of piperidine rings is 2. The van der Waals surface area contributed by atoms with E-state index in [2.05, 4.69) is 10.6 Å². The molecule has 1 atom stereocenters. The van der Waals surface area contributed by atoms with Crippen molar-refractivity contribution in [3.8, 4) is 11.5 Å². The van der Waals surface area contributed by atoms with Gasteiger partial charge in [0.25, 0.3) is 0 Å². The summed E-state index contributed by atoms with van der Waals surface area (Å²) in [6.45, 7) is 1.83. The van der Waals surface area contributed by atoms with E-state index in [4.69, 9.17) is 9.47 Å². The van der Waals surface area contributed by atoms with Gasteiger partial charge in [-0.15, -0.1) is 0 Å². The number of rotatable bonds is 3. The van der Waals surface area contributed by atoms with Gasteiger partial charge in [0, 0.05) is 5.92 Å². The Morgan fingerprint density at radius 2 is 1.71 bits per heavy atom. The van der Waals surface area contributed by atoms with E-state index >= 15 is 0 Å². The summed E-state index contributed by atoms with van der Waals surface area (Å²) < 4.78 is 10.5. The van der Waals surface area contributed by atoms with Gasteiger partial charge in [-0.05, 0) is 31.0 Å². The largest absolute Gasteiger partial charge is 0.493 e. The van der Waals surface area contributed by atoms with E-state index in [1.165, 1.54) is 0 Å². The topological polar surface area (TPSA) is 76.7 Å². The molecule has 3 heterocycles. The Labute approximate surface area is 122 Å². The average molecular weight is 290 g/mol. The molecular formula is C15H18N2O4. The van der Waals surface area contributed by atoms with Crippen molar-refractivity contribution in [1.29, 1.82) is 0 Å². The highest BCUT2D eigenvalue weighted by molar-refractivity contribution is 6.05. The standard InChI is InChI=1S/C15H18N2O4/c1-15-7-9(12(13(18)16-15)14(19)17-15)8-4-5-10(20-2)11(6-8)21-3/h4-6,9,12H,7H2,1-3H3,(H,16,18)(H,17,19). The zero-order valence-electron chi connectivity index (χ0n) is 12.2. The Bertz CT molecular complexity index is 596. The first-order chi connectivity index (χ1) is 9.97. The van der Waals surface area contributed by atoms with Gasteiger partial charge in [-0.3, -0.25) is 9.59 Å². The summed E-state index contributed by atoms with van der Waals surface area (Å²) in [7, 11) is 3.14. The summed E-state index contributed by atoms with van der Waals surface area (Å²) >= 11 is 0. The molecule has 3 aliphatic rings. The highest BCUT2D eigenvalue weighted by Gasteiger charge is 2.53. The van der Waals surface area contributed by atoms with E-state index in [-0.39, 0.29) is 17.7 Å². The van der Waals surface area contributed by atoms with Crippen LogP contribution in [0.2, 0.25) is 0 Å². The summed E-state index contributed by atoms with van der Waals surface area (Å²) in [5.41, 5.74) is 0.231. The van der Waals surface area contributed by atoms with Gasteiger partial charge in [0.05, 0.1) is 14.2 Å². The van der Waals surface area contributed by atoms with Gasteiger partial charge in [0.15, 0.2) is 11.5 Å². The Balaban J connectivity index is 2.00. The van der Waals surface area contributed by atoms with E-state index in [1.807, 2.05) is 19.1 Å². The first kappa shape index (κ1) is 13.7. The number of carbonyl (C=O) groups excluding carboxylic acids is 2. The molecule has 1 aromatic rings. The van der Waals surface area contributed by atoms with Gasteiger partial charge >= 0.3 is 0 Å². The summed E-state index contributed by atoms with van der Waals surface area (Å²) in [5, 5.41) is 5.69. The van der Waals surface area contributed by atoms with Crippen molar-refractivity contribution in [2.75, 3.05) is 14.2 Å². The van der Waals surface area contributed by atoms with Crippen molar-refractivity contribution >= 4 is 11.8 Å². The molecule has 2 N–H and O–H groups in total. The smallest absolute Gasteiger partial charge is 0.235 e. The molecule has 3 aliphatic heterocycles. The number of hydrogen-bond donors (Lipinski definition) is 2. The fourth-order valence-electron chi connectivity index (χ4n) is 3.27. The van der Waals surface area contributed by atoms with Gasteiger partial charge < -0.3 is 20.1 Å². The number of nitrogens with one attached hydrogen (secondary N) is 2. The van der Waals surface area contributed by atoms with Crippen LogP contribution >= 0.6 is 0 Å². The molecule has 0 spiro atoms. The first-order valence-electron chi connectivity index (χ1n) is 6.83. The molecule has 21 heavy (non-hydrogen) atoms. The van der Waals surface area contributed by atoms with E-state index in [1.54, 1.807) is 20.3 Å². The number of fused-ring (bicyclic) bond motifs is 3. The number of carbonyl (C=O) groups is 2. The third kappa shape index (κ3) is 2.11. The maximum Gasteiger partial charge on any atom is 0.235 e. The molecule has 1 aromatic carbocycles. The fourth-order valence-corrected chi connectivity index (χ4v) is 3.27. The molecule has 1 unspecified atom stereocenters. The number of hydrogen-bond acceptors (Lipinski definition) is 4. The van der Waals surface area contributed by atoms with Crippen LogP contribution in [-0.2, 0) is 9.59 Å². The number of ether oxygens (including phenoxy) is 2. The Morgan fingerprint density at radius 3 is 2.24 bits per heavy atom. The lowest BCUT2D eigenvalue weighted by molar-refractivity contribution is -0.149. The monoisotopic (exact) mass is 290 g/mol. The Kier molecular flexibility index (Phi) is 3.04. The third-order valence-electron chi connectivity index (χ3n) is 4.23. The SMILES string of the molecule is COc1ccc(C2CC3(C)NC(=O)C2C(=O)N3)cc1OC. The van der Waals surface area contributed by atoms with Crippen LogP contribution in [0.1, 0.15) is 24.8 Å². The average Bonchev–Trinajstić information content (AvgIpc) is 2.44. The molecule has 112 valence electrons.